The molecule has 0 aromatic carbocycles. The summed E-state index contributed by atoms with van der Waals surface area (Å²) in [6.45, 7) is 1.91. The molecule has 0 saturated heterocycles. The van der Waals surface area contributed by atoms with Crippen LogP contribution in [0.5, 0.6) is 0 Å². The summed E-state index contributed by atoms with van der Waals surface area (Å²) >= 11 is 1.36. The number of aromatic nitrogens is 1. The summed E-state index contributed by atoms with van der Waals surface area (Å²) in [5.41, 5.74) is 3.41. The lowest BCUT2D eigenvalue weighted by Crippen LogP contribution is -2.19. The molecule has 1 amide bonds. The number of hydrogen-bond donors (Lipinski definition) is 1. The summed E-state index contributed by atoms with van der Waals surface area (Å²) in [5, 5.41) is 4.64. The highest BCUT2D eigenvalue weighted by atomic mass is 32.2. The number of thioether (sulfide) groups is 1. The van der Waals surface area contributed by atoms with E-state index < -0.39 is 0 Å². The first-order valence-corrected chi connectivity index (χ1v) is 6.64. The molecule has 0 bridgehead atoms. The van der Waals surface area contributed by atoms with Crippen molar-refractivity contribution in [2.75, 3.05) is 5.75 Å². The normalized spacial score (nSPS) is 10.8. The molecular weight excluding hydrogens is 262 g/mol. The molecule has 0 saturated carbocycles. The van der Waals surface area contributed by atoms with Crippen LogP contribution in [0.2, 0.25) is 0 Å². The second-order valence-corrected chi connectivity index (χ2v) is 4.71. The Kier molecular flexibility index (Phi) is 4.74. The summed E-state index contributed by atoms with van der Waals surface area (Å²) in [5.74, 6) is 0.722. The Morgan fingerprint density at radius 1 is 1.53 bits per heavy atom. The van der Waals surface area contributed by atoms with E-state index in [-0.39, 0.29) is 11.7 Å². The highest BCUT2D eigenvalue weighted by molar-refractivity contribution is 7.99. The van der Waals surface area contributed by atoms with Crippen molar-refractivity contribution in [3.63, 3.8) is 0 Å². The standard InChI is InChI=1S/C13H13N3O2S/c1-10-5-7-18-11(10)8-15-16-12(17)9-19-13-4-2-3-6-14-13/h2-8H,9H2,1H3,(H,16,17). The lowest BCUT2D eigenvalue weighted by Gasteiger charge is -1.99. The predicted octanol–water partition coefficient (Wildman–Crippen LogP) is 2.23. The van der Waals surface area contributed by atoms with E-state index >= 15 is 0 Å². The van der Waals surface area contributed by atoms with Crippen LogP contribution in [0, 0.1) is 6.92 Å². The van der Waals surface area contributed by atoms with Gasteiger partial charge in [0, 0.05) is 6.20 Å². The molecule has 2 rings (SSSR count). The van der Waals surface area contributed by atoms with E-state index in [9.17, 15) is 4.79 Å². The smallest absolute Gasteiger partial charge is 0.250 e. The first-order valence-electron chi connectivity index (χ1n) is 5.65. The fourth-order valence-corrected chi connectivity index (χ4v) is 1.94. The van der Waals surface area contributed by atoms with Crippen LogP contribution in [-0.2, 0) is 4.79 Å². The SMILES string of the molecule is Cc1ccoc1C=NNC(=O)CSc1ccccn1. The molecule has 98 valence electrons. The molecule has 6 heteroatoms. The van der Waals surface area contributed by atoms with Crippen molar-refractivity contribution in [1.29, 1.82) is 0 Å². The van der Waals surface area contributed by atoms with Crippen LogP contribution >= 0.6 is 11.8 Å². The van der Waals surface area contributed by atoms with Crippen molar-refractivity contribution in [3.8, 4) is 0 Å². The van der Waals surface area contributed by atoms with Gasteiger partial charge in [0.05, 0.1) is 23.3 Å². The Morgan fingerprint density at radius 3 is 3.11 bits per heavy atom. The van der Waals surface area contributed by atoms with Crippen molar-refractivity contribution in [2.45, 2.75) is 11.9 Å². The topological polar surface area (TPSA) is 67.5 Å². The molecule has 0 aliphatic rings. The van der Waals surface area contributed by atoms with E-state index in [1.165, 1.54) is 18.0 Å². The van der Waals surface area contributed by atoms with Crippen molar-refractivity contribution in [1.82, 2.24) is 10.4 Å². The van der Waals surface area contributed by atoms with Gasteiger partial charge in [-0.2, -0.15) is 5.10 Å². The summed E-state index contributed by atoms with van der Waals surface area (Å²) in [4.78, 5) is 15.6. The predicted molar refractivity (Wildman–Crippen MR) is 74.1 cm³/mol. The minimum absolute atomic E-state index is 0.184. The van der Waals surface area contributed by atoms with E-state index in [2.05, 4.69) is 15.5 Å². The van der Waals surface area contributed by atoms with Crippen LogP contribution in [-0.4, -0.2) is 22.9 Å². The van der Waals surface area contributed by atoms with Crippen molar-refractivity contribution < 1.29 is 9.21 Å². The van der Waals surface area contributed by atoms with E-state index in [1.54, 1.807) is 12.5 Å². The highest BCUT2D eigenvalue weighted by Crippen LogP contribution is 2.12. The number of nitrogens with one attached hydrogen (secondary N) is 1. The Balaban J connectivity index is 1.76. The summed E-state index contributed by atoms with van der Waals surface area (Å²) in [6.07, 6.45) is 4.76. The van der Waals surface area contributed by atoms with E-state index in [0.717, 1.165) is 10.6 Å². The van der Waals surface area contributed by atoms with Crippen LogP contribution < -0.4 is 5.43 Å². The lowest BCUT2D eigenvalue weighted by molar-refractivity contribution is -0.118. The molecule has 2 heterocycles. The number of carbonyl (C=O) groups excluding carboxylic acids is 1. The maximum atomic E-state index is 11.5. The molecule has 2 aromatic rings. The van der Waals surface area contributed by atoms with Gasteiger partial charge in [-0.3, -0.25) is 4.79 Å². The van der Waals surface area contributed by atoms with Crippen LogP contribution in [0.4, 0.5) is 0 Å². The molecule has 19 heavy (non-hydrogen) atoms. The third-order valence-electron chi connectivity index (χ3n) is 2.26. The average Bonchev–Trinajstić information content (AvgIpc) is 2.83. The molecule has 0 fully saturated rings. The van der Waals surface area contributed by atoms with Gasteiger partial charge >= 0.3 is 0 Å². The first kappa shape index (κ1) is 13.4. The number of furan rings is 1. The van der Waals surface area contributed by atoms with Crippen molar-refractivity contribution in [2.24, 2.45) is 5.10 Å². The van der Waals surface area contributed by atoms with Crippen molar-refractivity contribution >= 4 is 23.9 Å². The van der Waals surface area contributed by atoms with E-state index in [1.807, 2.05) is 31.2 Å². The molecule has 0 aliphatic heterocycles. The zero-order chi connectivity index (χ0) is 13.5. The largest absolute Gasteiger partial charge is 0.463 e. The van der Waals surface area contributed by atoms with Crippen LogP contribution in [0.25, 0.3) is 0 Å². The van der Waals surface area contributed by atoms with Crippen LogP contribution in [0.1, 0.15) is 11.3 Å². The Morgan fingerprint density at radius 2 is 2.42 bits per heavy atom. The fraction of sp³-hybridized carbons (Fsp3) is 0.154. The quantitative estimate of drug-likeness (QED) is 0.516. The minimum Gasteiger partial charge on any atom is -0.463 e. The average molecular weight is 275 g/mol. The van der Waals surface area contributed by atoms with Gasteiger partial charge in [-0.15, -0.1) is 0 Å². The van der Waals surface area contributed by atoms with E-state index in [4.69, 9.17) is 4.42 Å². The lowest BCUT2D eigenvalue weighted by atomic mass is 10.3. The summed E-state index contributed by atoms with van der Waals surface area (Å²) in [7, 11) is 0. The third-order valence-corrected chi connectivity index (χ3v) is 3.21. The zero-order valence-corrected chi connectivity index (χ0v) is 11.2. The molecule has 1 N–H and O–H groups in total. The number of nitrogens with zero attached hydrogens (tertiary/aromatic N) is 2. The maximum absolute atomic E-state index is 11.5. The van der Waals surface area contributed by atoms with Crippen molar-refractivity contribution in [3.05, 3.63) is 48.0 Å². The third kappa shape index (κ3) is 4.26. The van der Waals surface area contributed by atoms with Gasteiger partial charge < -0.3 is 4.42 Å². The highest BCUT2D eigenvalue weighted by Gasteiger charge is 2.02. The molecule has 0 atom stereocenters. The second kappa shape index (κ2) is 6.75. The van der Waals surface area contributed by atoms with Crippen LogP contribution in [0.15, 0.2) is 51.3 Å². The van der Waals surface area contributed by atoms with Gasteiger partial charge in [0.25, 0.3) is 0 Å². The Labute approximate surface area is 115 Å². The Bertz CT molecular complexity index is 566. The number of amides is 1. The summed E-state index contributed by atoms with van der Waals surface area (Å²) < 4.78 is 5.16. The first-order chi connectivity index (χ1) is 9.25. The maximum Gasteiger partial charge on any atom is 0.250 e. The molecule has 0 spiro atoms. The van der Waals surface area contributed by atoms with Gasteiger partial charge in [0.1, 0.15) is 5.76 Å². The minimum atomic E-state index is -0.184. The molecule has 0 unspecified atom stereocenters. The number of aryl methyl sites for hydroxylation is 1. The summed E-state index contributed by atoms with van der Waals surface area (Å²) in [6, 6.07) is 7.40. The number of pyridine rings is 1. The van der Waals surface area contributed by atoms with Gasteiger partial charge in [-0.1, -0.05) is 17.8 Å². The number of hydrogen-bond acceptors (Lipinski definition) is 5. The molecule has 5 nitrogen and oxygen atoms in total. The second-order valence-electron chi connectivity index (χ2n) is 3.72. The number of rotatable bonds is 5. The van der Waals surface area contributed by atoms with Crippen LogP contribution in [0.3, 0.4) is 0 Å². The fourth-order valence-electron chi connectivity index (χ4n) is 1.28. The number of hydrazone groups is 1. The molecule has 0 radical (unpaired) electrons. The van der Waals surface area contributed by atoms with Gasteiger partial charge in [0.15, 0.2) is 0 Å². The molecule has 0 aliphatic carbocycles. The van der Waals surface area contributed by atoms with Gasteiger partial charge in [-0.25, -0.2) is 10.4 Å². The van der Waals surface area contributed by atoms with Gasteiger partial charge in [-0.05, 0) is 30.7 Å². The zero-order valence-electron chi connectivity index (χ0n) is 10.4. The molecular formula is C13H13N3O2S. The Hall–Kier alpha value is -2.08. The van der Waals surface area contributed by atoms with Gasteiger partial charge in [0.2, 0.25) is 5.91 Å². The monoisotopic (exact) mass is 275 g/mol. The molecule has 2 aromatic heterocycles. The number of carbonyl (C=O) groups is 1. The van der Waals surface area contributed by atoms with E-state index in [0.29, 0.717) is 5.76 Å².